The highest BCUT2D eigenvalue weighted by molar-refractivity contribution is 6.32. The number of anilines is 1. The summed E-state index contributed by atoms with van der Waals surface area (Å²) in [4.78, 5) is 12.4. The molecule has 0 atom stereocenters. The Balaban J connectivity index is 1.38. The van der Waals surface area contributed by atoms with E-state index in [0.717, 1.165) is 25.9 Å². The van der Waals surface area contributed by atoms with Crippen molar-refractivity contribution in [2.75, 3.05) is 18.4 Å². The van der Waals surface area contributed by atoms with Gasteiger partial charge in [-0.05, 0) is 62.3 Å². The number of amides is 1. The van der Waals surface area contributed by atoms with E-state index < -0.39 is 0 Å². The minimum absolute atomic E-state index is 0.288. The summed E-state index contributed by atoms with van der Waals surface area (Å²) in [6.07, 6.45) is 3.68. The summed E-state index contributed by atoms with van der Waals surface area (Å²) in [5.41, 5.74) is 0.947. The minimum atomic E-state index is -0.292. The maximum atomic E-state index is 12.4. The van der Waals surface area contributed by atoms with Gasteiger partial charge in [-0.2, -0.15) is 0 Å². The normalized spacial score (nSPS) is 14.6. The van der Waals surface area contributed by atoms with Gasteiger partial charge in [0.1, 0.15) is 11.5 Å². The van der Waals surface area contributed by atoms with Crippen molar-refractivity contribution in [3.05, 3.63) is 65.4 Å². The molecule has 4 rings (SSSR count). The van der Waals surface area contributed by atoms with E-state index in [9.17, 15) is 4.79 Å². The number of halogens is 1. The van der Waals surface area contributed by atoms with Crippen LogP contribution in [0.15, 0.2) is 54.7 Å². The molecule has 0 bridgehead atoms. The second kappa shape index (κ2) is 8.41. The summed E-state index contributed by atoms with van der Waals surface area (Å²) in [5.74, 6) is 0.915. The van der Waals surface area contributed by atoms with E-state index >= 15 is 0 Å². The van der Waals surface area contributed by atoms with E-state index in [1.165, 1.54) is 0 Å². The van der Waals surface area contributed by atoms with Crippen LogP contribution in [0.2, 0.25) is 5.02 Å². The smallest absolute Gasteiger partial charge is 0.277 e. The van der Waals surface area contributed by atoms with Crippen LogP contribution in [0.5, 0.6) is 11.5 Å². The average molecular weight is 398 g/mol. The van der Waals surface area contributed by atoms with Crippen molar-refractivity contribution in [2.45, 2.75) is 18.9 Å². The lowest BCUT2D eigenvalue weighted by Crippen LogP contribution is -2.29. The molecule has 0 radical (unpaired) electrons. The first-order chi connectivity index (χ1) is 13.7. The molecule has 8 heteroatoms. The maximum absolute atomic E-state index is 12.4. The molecule has 2 N–H and O–H groups in total. The summed E-state index contributed by atoms with van der Waals surface area (Å²) >= 11 is 6.10. The van der Waals surface area contributed by atoms with Gasteiger partial charge in [-0.3, -0.25) is 4.79 Å². The van der Waals surface area contributed by atoms with Crippen LogP contribution in [0.1, 0.15) is 29.4 Å². The lowest BCUT2D eigenvalue weighted by molar-refractivity contribution is 0.102. The number of hydrogen-bond acceptors (Lipinski definition) is 5. The summed E-state index contributed by atoms with van der Waals surface area (Å²) in [5, 5.41) is 14.8. The number of para-hydroxylation sites is 1. The molecular formula is C20H20ClN5O2. The summed E-state index contributed by atoms with van der Waals surface area (Å²) in [7, 11) is 0. The molecule has 1 aliphatic heterocycles. The van der Waals surface area contributed by atoms with Crippen molar-refractivity contribution in [3.63, 3.8) is 0 Å². The molecule has 1 amide bonds. The predicted octanol–water partition coefficient (Wildman–Crippen LogP) is 3.90. The Morgan fingerprint density at radius 1 is 1.14 bits per heavy atom. The fourth-order valence-corrected chi connectivity index (χ4v) is 3.26. The van der Waals surface area contributed by atoms with Crippen LogP contribution >= 0.6 is 11.6 Å². The molecule has 0 aliphatic carbocycles. The monoisotopic (exact) mass is 397 g/mol. The second-order valence-electron chi connectivity index (χ2n) is 6.58. The number of benzene rings is 2. The molecule has 0 saturated carbocycles. The quantitative estimate of drug-likeness (QED) is 0.682. The van der Waals surface area contributed by atoms with Gasteiger partial charge >= 0.3 is 0 Å². The zero-order valence-corrected chi connectivity index (χ0v) is 15.9. The van der Waals surface area contributed by atoms with Gasteiger partial charge in [0.05, 0.1) is 17.3 Å². The number of aromatic nitrogens is 3. The number of rotatable bonds is 5. The molecule has 3 aromatic rings. The fourth-order valence-electron chi connectivity index (χ4n) is 3.09. The maximum Gasteiger partial charge on any atom is 0.277 e. The molecule has 7 nitrogen and oxygen atoms in total. The lowest BCUT2D eigenvalue weighted by Gasteiger charge is -2.22. The molecule has 1 aliphatic rings. The third kappa shape index (κ3) is 4.32. The zero-order valence-electron chi connectivity index (χ0n) is 15.1. The SMILES string of the molecule is O=C(Nc1ccc(Oc2ccccc2Cl)cc1)c1cn(C2CCNCC2)nn1. The van der Waals surface area contributed by atoms with Crippen molar-refractivity contribution in [2.24, 2.45) is 0 Å². The Labute approximate surface area is 167 Å². The Hall–Kier alpha value is -2.90. The summed E-state index contributed by atoms with van der Waals surface area (Å²) in [6, 6.07) is 14.6. The zero-order chi connectivity index (χ0) is 19.3. The molecular weight excluding hydrogens is 378 g/mol. The van der Waals surface area contributed by atoms with Gasteiger partial charge in [0.25, 0.3) is 5.91 Å². The van der Waals surface area contributed by atoms with E-state index in [4.69, 9.17) is 16.3 Å². The average Bonchev–Trinajstić information content (AvgIpc) is 3.22. The first kappa shape index (κ1) is 18.5. The van der Waals surface area contributed by atoms with Gasteiger partial charge in [-0.15, -0.1) is 5.10 Å². The number of carbonyl (C=O) groups is 1. The first-order valence-corrected chi connectivity index (χ1v) is 9.53. The van der Waals surface area contributed by atoms with E-state index in [1.54, 1.807) is 47.3 Å². The van der Waals surface area contributed by atoms with Crippen molar-refractivity contribution in [1.29, 1.82) is 0 Å². The van der Waals surface area contributed by atoms with Crippen LogP contribution in [0.4, 0.5) is 5.69 Å². The van der Waals surface area contributed by atoms with E-state index in [2.05, 4.69) is 20.9 Å². The van der Waals surface area contributed by atoms with Crippen LogP contribution in [-0.4, -0.2) is 34.0 Å². The van der Waals surface area contributed by atoms with Gasteiger partial charge < -0.3 is 15.4 Å². The number of carbonyl (C=O) groups excluding carboxylic acids is 1. The summed E-state index contributed by atoms with van der Waals surface area (Å²) < 4.78 is 7.54. The molecule has 144 valence electrons. The Morgan fingerprint density at radius 3 is 2.64 bits per heavy atom. The molecule has 2 heterocycles. The third-order valence-electron chi connectivity index (χ3n) is 4.60. The fraction of sp³-hybridized carbons (Fsp3) is 0.250. The van der Waals surface area contributed by atoms with Gasteiger partial charge in [-0.25, -0.2) is 4.68 Å². The molecule has 1 aromatic heterocycles. The van der Waals surface area contributed by atoms with Crippen LogP contribution < -0.4 is 15.4 Å². The predicted molar refractivity (Wildman–Crippen MR) is 107 cm³/mol. The summed E-state index contributed by atoms with van der Waals surface area (Å²) in [6.45, 7) is 1.91. The van der Waals surface area contributed by atoms with Crippen LogP contribution in [0, 0.1) is 0 Å². The number of ether oxygens (including phenoxy) is 1. The van der Waals surface area contributed by atoms with Gasteiger partial charge in [0.15, 0.2) is 5.69 Å². The minimum Gasteiger partial charge on any atom is -0.456 e. The van der Waals surface area contributed by atoms with Gasteiger partial charge in [0.2, 0.25) is 0 Å². The van der Waals surface area contributed by atoms with Gasteiger partial charge in [-0.1, -0.05) is 28.9 Å². The highest BCUT2D eigenvalue weighted by atomic mass is 35.5. The van der Waals surface area contributed by atoms with E-state index in [-0.39, 0.29) is 11.9 Å². The number of nitrogens with zero attached hydrogens (tertiary/aromatic N) is 3. The molecule has 1 fully saturated rings. The highest BCUT2D eigenvalue weighted by Gasteiger charge is 2.18. The number of nitrogens with one attached hydrogen (secondary N) is 2. The number of piperidine rings is 1. The molecule has 0 unspecified atom stereocenters. The molecule has 0 spiro atoms. The standard InChI is InChI=1S/C20H20ClN5O2/c21-17-3-1-2-4-19(17)28-16-7-5-14(6-8-16)23-20(27)18-13-26(25-24-18)15-9-11-22-12-10-15/h1-8,13,15,22H,9-12H2,(H,23,27). The molecule has 28 heavy (non-hydrogen) atoms. The number of hydrogen-bond donors (Lipinski definition) is 2. The van der Waals surface area contributed by atoms with E-state index in [0.29, 0.717) is 27.9 Å². The Bertz CT molecular complexity index is 951. The van der Waals surface area contributed by atoms with Crippen molar-refractivity contribution in [3.8, 4) is 11.5 Å². The lowest BCUT2D eigenvalue weighted by atomic mass is 10.1. The second-order valence-corrected chi connectivity index (χ2v) is 6.98. The highest BCUT2D eigenvalue weighted by Crippen LogP contribution is 2.29. The van der Waals surface area contributed by atoms with Crippen molar-refractivity contribution >= 4 is 23.2 Å². The van der Waals surface area contributed by atoms with Crippen LogP contribution in [-0.2, 0) is 0 Å². The van der Waals surface area contributed by atoms with Crippen molar-refractivity contribution in [1.82, 2.24) is 20.3 Å². The Kier molecular flexibility index (Phi) is 5.55. The topological polar surface area (TPSA) is 81.1 Å². The van der Waals surface area contributed by atoms with Crippen LogP contribution in [0.3, 0.4) is 0 Å². The third-order valence-corrected chi connectivity index (χ3v) is 4.91. The van der Waals surface area contributed by atoms with Gasteiger partial charge in [0, 0.05) is 5.69 Å². The largest absolute Gasteiger partial charge is 0.456 e. The van der Waals surface area contributed by atoms with Crippen LogP contribution in [0.25, 0.3) is 0 Å². The Morgan fingerprint density at radius 2 is 1.89 bits per heavy atom. The molecule has 2 aromatic carbocycles. The van der Waals surface area contributed by atoms with E-state index in [1.807, 2.05) is 12.1 Å². The first-order valence-electron chi connectivity index (χ1n) is 9.15. The molecule has 1 saturated heterocycles. The van der Waals surface area contributed by atoms with Crippen molar-refractivity contribution < 1.29 is 9.53 Å².